The number of hydrogen-bond acceptors (Lipinski definition) is 3. The minimum atomic E-state index is -1.04. The van der Waals surface area contributed by atoms with Gasteiger partial charge in [-0.2, -0.15) is 0 Å². The number of aromatic carboxylic acids is 1. The third-order valence-electron chi connectivity index (χ3n) is 2.21. The topological polar surface area (TPSA) is 70.4 Å². The first-order valence-electron chi connectivity index (χ1n) is 4.65. The average molecular weight is 215 g/mol. The van der Waals surface area contributed by atoms with Crippen LogP contribution in [0.3, 0.4) is 0 Å². The van der Waals surface area contributed by atoms with E-state index in [0.717, 1.165) is 0 Å². The Kier molecular flexibility index (Phi) is 2.55. The van der Waals surface area contributed by atoms with Crippen LogP contribution in [0.5, 0.6) is 5.75 Å². The second kappa shape index (κ2) is 4.02. The number of nitrogens with zero attached hydrogens (tertiary/aromatic N) is 1. The molecule has 0 radical (unpaired) electrons. The summed E-state index contributed by atoms with van der Waals surface area (Å²) >= 11 is 0. The Hall–Kier alpha value is -2.36. The van der Waals surface area contributed by atoms with E-state index in [-0.39, 0.29) is 11.3 Å². The summed E-state index contributed by atoms with van der Waals surface area (Å²) in [7, 11) is 0. The van der Waals surface area contributed by atoms with Gasteiger partial charge in [-0.3, -0.25) is 4.98 Å². The molecule has 1 aromatic heterocycles. The van der Waals surface area contributed by atoms with Gasteiger partial charge in [-0.1, -0.05) is 12.1 Å². The van der Waals surface area contributed by atoms with Crippen molar-refractivity contribution < 1.29 is 15.0 Å². The lowest BCUT2D eigenvalue weighted by Crippen LogP contribution is -1.99. The standard InChI is InChI=1S/C12H9NO3/c14-9-3-1-2-8(6-9)10-4-5-13-7-11(10)12(15)16/h1-7,14H,(H,15,16). The first-order valence-corrected chi connectivity index (χ1v) is 4.65. The Balaban J connectivity index is 2.60. The van der Waals surface area contributed by atoms with Crippen LogP contribution < -0.4 is 0 Å². The van der Waals surface area contributed by atoms with E-state index in [1.807, 2.05) is 0 Å². The monoisotopic (exact) mass is 215 g/mol. The van der Waals surface area contributed by atoms with Crippen molar-refractivity contribution in [1.82, 2.24) is 4.98 Å². The molecule has 0 amide bonds. The van der Waals surface area contributed by atoms with Crippen molar-refractivity contribution in [3.8, 4) is 16.9 Å². The molecule has 2 rings (SSSR count). The van der Waals surface area contributed by atoms with Crippen molar-refractivity contribution in [3.63, 3.8) is 0 Å². The first kappa shape index (κ1) is 10.2. The average Bonchev–Trinajstić information content (AvgIpc) is 2.29. The Morgan fingerprint density at radius 1 is 1.25 bits per heavy atom. The van der Waals surface area contributed by atoms with Gasteiger partial charge in [-0.05, 0) is 29.3 Å². The molecule has 4 heteroatoms. The fourth-order valence-electron chi connectivity index (χ4n) is 1.49. The first-order chi connectivity index (χ1) is 7.68. The van der Waals surface area contributed by atoms with Gasteiger partial charge in [0.2, 0.25) is 0 Å². The molecular formula is C12H9NO3. The molecule has 16 heavy (non-hydrogen) atoms. The number of hydrogen-bond donors (Lipinski definition) is 2. The van der Waals surface area contributed by atoms with Crippen molar-refractivity contribution in [2.24, 2.45) is 0 Å². The summed E-state index contributed by atoms with van der Waals surface area (Å²) < 4.78 is 0. The number of carboxylic acid groups (broad SMARTS) is 1. The lowest BCUT2D eigenvalue weighted by atomic mass is 10.0. The normalized spacial score (nSPS) is 10.0. The highest BCUT2D eigenvalue weighted by atomic mass is 16.4. The van der Waals surface area contributed by atoms with Crippen LogP contribution in [-0.2, 0) is 0 Å². The van der Waals surface area contributed by atoms with Gasteiger partial charge in [0.15, 0.2) is 0 Å². The van der Waals surface area contributed by atoms with Crippen molar-refractivity contribution in [1.29, 1.82) is 0 Å². The fraction of sp³-hybridized carbons (Fsp3) is 0. The lowest BCUT2D eigenvalue weighted by Gasteiger charge is -2.05. The quantitative estimate of drug-likeness (QED) is 0.805. The molecule has 0 unspecified atom stereocenters. The minimum Gasteiger partial charge on any atom is -0.508 e. The predicted octanol–water partition coefficient (Wildman–Crippen LogP) is 2.15. The maximum absolute atomic E-state index is 11.0. The van der Waals surface area contributed by atoms with Crippen LogP contribution in [0.15, 0.2) is 42.7 Å². The van der Waals surface area contributed by atoms with E-state index in [1.54, 1.807) is 18.2 Å². The molecule has 0 aliphatic carbocycles. The summed E-state index contributed by atoms with van der Waals surface area (Å²) in [4.78, 5) is 14.7. The lowest BCUT2D eigenvalue weighted by molar-refractivity contribution is 0.0697. The van der Waals surface area contributed by atoms with Crippen molar-refractivity contribution >= 4 is 5.97 Å². The van der Waals surface area contributed by atoms with Crippen molar-refractivity contribution in [2.75, 3.05) is 0 Å². The zero-order valence-electron chi connectivity index (χ0n) is 8.29. The molecule has 2 aromatic rings. The van der Waals surface area contributed by atoms with Crippen molar-refractivity contribution in [2.45, 2.75) is 0 Å². The Morgan fingerprint density at radius 2 is 2.06 bits per heavy atom. The maximum Gasteiger partial charge on any atom is 0.337 e. The zero-order chi connectivity index (χ0) is 11.5. The summed E-state index contributed by atoms with van der Waals surface area (Å²) in [6, 6.07) is 8.06. The van der Waals surface area contributed by atoms with E-state index in [2.05, 4.69) is 4.98 Å². The molecule has 0 bridgehead atoms. The smallest absolute Gasteiger partial charge is 0.337 e. The van der Waals surface area contributed by atoms with Gasteiger partial charge >= 0.3 is 5.97 Å². The Bertz CT molecular complexity index is 537. The summed E-state index contributed by atoms with van der Waals surface area (Å²) in [6.45, 7) is 0. The van der Waals surface area contributed by atoms with Gasteiger partial charge in [0.1, 0.15) is 5.75 Å². The molecule has 2 N–H and O–H groups in total. The van der Waals surface area contributed by atoms with E-state index in [0.29, 0.717) is 11.1 Å². The molecule has 1 heterocycles. The number of carboxylic acids is 1. The molecule has 0 aliphatic heterocycles. The van der Waals surface area contributed by atoms with Crippen LogP contribution in [0.2, 0.25) is 0 Å². The largest absolute Gasteiger partial charge is 0.508 e. The van der Waals surface area contributed by atoms with Crippen LogP contribution in [0, 0.1) is 0 Å². The highest BCUT2D eigenvalue weighted by molar-refractivity contribution is 5.95. The maximum atomic E-state index is 11.0. The highest BCUT2D eigenvalue weighted by Crippen LogP contribution is 2.25. The van der Waals surface area contributed by atoms with E-state index < -0.39 is 5.97 Å². The summed E-state index contributed by atoms with van der Waals surface area (Å²) in [6.07, 6.45) is 2.81. The van der Waals surface area contributed by atoms with Crippen LogP contribution in [0.4, 0.5) is 0 Å². The van der Waals surface area contributed by atoms with Crippen molar-refractivity contribution in [3.05, 3.63) is 48.3 Å². The number of phenols is 1. The van der Waals surface area contributed by atoms with E-state index in [9.17, 15) is 9.90 Å². The van der Waals surface area contributed by atoms with Crippen LogP contribution in [0.1, 0.15) is 10.4 Å². The number of phenolic OH excluding ortho intramolecular Hbond substituents is 1. The molecular weight excluding hydrogens is 206 g/mol. The summed E-state index contributed by atoms with van der Waals surface area (Å²) in [5.74, 6) is -0.933. The number of carbonyl (C=O) groups is 1. The van der Waals surface area contributed by atoms with Gasteiger partial charge in [0.25, 0.3) is 0 Å². The van der Waals surface area contributed by atoms with Gasteiger partial charge in [0.05, 0.1) is 5.56 Å². The molecule has 1 aromatic carbocycles. The van der Waals surface area contributed by atoms with E-state index >= 15 is 0 Å². The third-order valence-corrected chi connectivity index (χ3v) is 2.21. The van der Waals surface area contributed by atoms with Gasteiger partial charge in [0, 0.05) is 12.4 Å². The molecule has 0 aliphatic rings. The molecule has 0 atom stereocenters. The number of benzene rings is 1. The van der Waals surface area contributed by atoms with E-state index in [4.69, 9.17) is 5.11 Å². The van der Waals surface area contributed by atoms with Gasteiger partial charge in [-0.15, -0.1) is 0 Å². The summed E-state index contributed by atoms with van der Waals surface area (Å²) in [5, 5.41) is 18.3. The minimum absolute atomic E-state index is 0.102. The summed E-state index contributed by atoms with van der Waals surface area (Å²) in [5.41, 5.74) is 1.31. The Labute approximate surface area is 91.8 Å². The number of aromatic hydroxyl groups is 1. The molecule has 0 spiro atoms. The fourth-order valence-corrected chi connectivity index (χ4v) is 1.49. The van der Waals surface area contributed by atoms with Crippen LogP contribution in [-0.4, -0.2) is 21.2 Å². The van der Waals surface area contributed by atoms with Crippen LogP contribution >= 0.6 is 0 Å². The number of rotatable bonds is 2. The Morgan fingerprint density at radius 3 is 2.75 bits per heavy atom. The second-order valence-corrected chi connectivity index (χ2v) is 3.28. The van der Waals surface area contributed by atoms with Crippen LogP contribution in [0.25, 0.3) is 11.1 Å². The molecule has 0 fully saturated rings. The SMILES string of the molecule is O=C(O)c1cnccc1-c1cccc(O)c1. The second-order valence-electron chi connectivity index (χ2n) is 3.28. The van der Waals surface area contributed by atoms with E-state index in [1.165, 1.54) is 24.5 Å². The molecule has 0 saturated carbocycles. The third kappa shape index (κ3) is 1.86. The molecule has 80 valence electrons. The number of aromatic nitrogens is 1. The van der Waals surface area contributed by atoms with Gasteiger partial charge < -0.3 is 10.2 Å². The number of pyridine rings is 1. The highest BCUT2D eigenvalue weighted by Gasteiger charge is 2.11. The predicted molar refractivity (Wildman–Crippen MR) is 58.3 cm³/mol. The molecule has 0 saturated heterocycles. The zero-order valence-corrected chi connectivity index (χ0v) is 8.29. The molecule has 4 nitrogen and oxygen atoms in total. The van der Waals surface area contributed by atoms with Gasteiger partial charge in [-0.25, -0.2) is 4.79 Å².